The number of hydrogen-bond acceptors (Lipinski definition) is 4. The normalized spacial score (nSPS) is 11.4. The summed E-state index contributed by atoms with van der Waals surface area (Å²) in [6, 6.07) is 19.2. The predicted octanol–water partition coefficient (Wildman–Crippen LogP) is 6.06. The van der Waals surface area contributed by atoms with E-state index in [9.17, 15) is 9.18 Å². The third-order valence-corrected chi connectivity index (χ3v) is 5.19. The van der Waals surface area contributed by atoms with Gasteiger partial charge in [0.25, 0.3) is 5.91 Å². The standard InChI is InChI=1S/C25H22FN3O2S/c1-25(2,3)16-10-8-15(9-11-16)23-28-20-14-17(12-13-21(20)31-23)27-24(32)29-22(30)18-6-4-5-7-19(18)26/h4-14H,1-3H3,(H2,27,29,30,32). The molecule has 0 radical (unpaired) electrons. The fourth-order valence-corrected chi connectivity index (χ4v) is 3.43. The van der Waals surface area contributed by atoms with Gasteiger partial charge in [-0.3, -0.25) is 10.1 Å². The summed E-state index contributed by atoms with van der Waals surface area (Å²) in [4.78, 5) is 16.8. The van der Waals surface area contributed by atoms with Gasteiger partial charge in [0.15, 0.2) is 10.7 Å². The highest BCUT2D eigenvalue weighted by atomic mass is 32.1. The Kier molecular flexibility index (Phi) is 5.76. The molecule has 1 amide bonds. The molecular weight excluding hydrogens is 425 g/mol. The van der Waals surface area contributed by atoms with Crippen LogP contribution < -0.4 is 10.6 Å². The van der Waals surface area contributed by atoms with Crippen molar-refractivity contribution >= 4 is 40.0 Å². The van der Waals surface area contributed by atoms with E-state index in [1.54, 1.807) is 24.3 Å². The SMILES string of the molecule is CC(C)(C)c1ccc(-c2nc3cc(NC(=S)NC(=O)c4ccccc4F)ccc3o2)cc1. The van der Waals surface area contributed by atoms with E-state index >= 15 is 0 Å². The van der Waals surface area contributed by atoms with E-state index in [2.05, 4.69) is 48.5 Å². The summed E-state index contributed by atoms with van der Waals surface area (Å²) < 4.78 is 19.7. The molecule has 0 atom stereocenters. The average Bonchev–Trinajstić information content (AvgIpc) is 3.17. The topological polar surface area (TPSA) is 67.2 Å². The molecule has 5 nitrogen and oxygen atoms in total. The molecule has 4 rings (SSSR count). The summed E-state index contributed by atoms with van der Waals surface area (Å²) in [5.41, 5.74) is 4.01. The van der Waals surface area contributed by atoms with Gasteiger partial charge >= 0.3 is 0 Å². The highest BCUT2D eigenvalue weighted by molar-refractivity contribution is 7.80. The second kappa shape index (κ2) is 8.51. The molecule has 0 bridgehead atoms. The van der Waals surface area contributed by atoms with Crippen molar-refractivity contribution in [3.8, 4) is 11.5 Å². The first-order chi connectivity index (χ1) is 15.2. The number of fused-ring (bicyclic) bond motifs is 1. The number of amides is 1. The highest BCUT2D eigenvalue weighted by Crippen LogP contribution is 2.29. The molecule has 3 aromatic carbocycles. The predicted molar refractivity (Wildman–Crippen MR) is 128 cm³/mol. The molecule has 0 saturated heterocycles. The van der Waals surface area contributed by atoms with Gasteiger partial charge in [0, 0.05) is 11.3 Å². The molecule has 162 valence electrons. The zero-order chi connectivity index (χ0) is 22.9. The van der Waals surface area contributed by atoms with Gasteiger partial charge < -0.3 is 9.73 Å². The van der Waals surface area contributed by atoms with Crippen molar-refractivity contribution in [3.05, 3.63) is 83.7 Å². The Hall–Kier alpha value is -3.58. The maximum atomic E-state index is 13.8. The van der Waals surface area contributed by atoms with Crippen LogP contribution >= 0.6 is 12.2 Å². The molecule has 7 heteroatoms. The number of carbonyl (C=O) groups is 1. The Morgan fingerprint density at radius 3 is 2.44 bits per heavy atom. The number of oxazole rings is 1. The van der Waals surface area contributed by atoms with Gasteiger partial charge in [-0.05, 0) is 65.7 Å². The zero-order valence-electron chi connectivity index (χ0n) is 17.9. The zero-order valence-corrected chi connectivity index (χ0v) is 18.7. The molecule has 1 aromatic heterocycles. The molecular formula is C25H22FN3O2S. The fraction of sp³-hybridized carbons (Fsp3) is 0.160. The maximum Gasteiger partial charge on any atom is 0.260 e. The Labute approximate surface area is 190 Å². The van der Waals surface area contributed by atoms with Gasteiger partial charge in [0.05, 0.1) is 5.56 Å². The summed E-state index contributed by atoms with van der Waals surface area (Å²) in [7, 11) is 0. The quantitative estimate of drug-likeness (QED) is 0.374. The Morgan fingerprint density at radius 2 is 1.75 bits per heavy atom. The lowest BCUT2D eigenvalue weighted by Gasteiger charge is -2.18. The van der Waals surface area contributed by atoms with Crippen LogP contribution in [0.5, 0.6) is 0 Å². The van der Waals surface area contributed by atoms with Crippen LogP contribution in [0.1, 0.15) is 36.7 Å². The van der Waals surface area contributed by atoms with Crippen molar-refractivity contribution in [3.63, 3.8) is 0 Å². The van der Waals surface area contributed by atoms with E-state index in [1.165, 1.54) is 23.8 Å². The maximum absolute atomic E-state index is 13.8. The fourth-order valence-electron chi connectivity index (χ4n) is 3.22. The number of hydrogen-bond donors (Lipinski definition) is 2. The van der Waals surface area contributed by atoms with E-state index in [1.807, 2.05) is 12.1 Å². The van der Waals surface area contributed by atoms with Crippen molar-refractivity contribution in [2.24, 2.45) is 0 Å². The smallest absolute Gasteiger partial charge is 0.260 e. The third-order valence-electron chi connectivity index (χ3n) is 4.99. The number of anilines is 1. The average molecular weight is 448 g/mol. The minimum atomic E-state index is -0.621. The van der Waals surface area contributed by atoms with Gasteiger partial charge in [0.2, 0.25) is 5.89 Å². The Balaban J connectivity index is 1.49. The summed E-state index contributed by atoms with van der Waals surface area (Å²) in [5, 5.41) is 5.46. The summed E-state index contributed by atoms with van der Waals surface area (Å²) in [5.74, 6) is -0.711. The number of nitrogens with one attached hydrogen (secondary N) is 2. The summed E-state index contributed by atoms with van der Waals surface area (Å²) >= 11 is 5.19. The van der Waals surface area contributed by atoms with Gasteiger partial charge in [-0.25, -0.2) is 9.37 Å². The van der Waals surface area contributed by atoms with Gasteiger partial charge in [-0.1, -0.05) is 45.0 Å². The number of carbonyl (C=O) groups excluding carboxylic acids is 1. The van der Waals surface area contributed by atoms with E-state index < -0.39 is 11.7 Å². The molecule has 0 saturated carbocycles. The van der Waals surface area contributed by atoms with Crippen LogP contribution in [0.25, 0.3) is 22.6 Å². The van der Waals surface area contributed by atoms with Crippen molar-refractivity contribution < 1.29 is 13.6 Å². The molecule has 4 aromatic rings. The van der Waals surface area contributed by atoms with Gasteiger partial charge in [-0.15, -0.1) is 0 Å². The van der Waals surface area contributed by atoms with E-state index in [0.29, 0.717) is 22.7 Å². The number of benzene rings is 3. The molecule has 0 spiro atoms. The first-order valence-corrected chi connectivity index (χ1v) is 10.5. The second-order valence-corrected chi connectivity index (χ2v) is 8.83. The van der Waals surface area contributed by atoms with Crippen LogP contribution in [-0.2, 0) is 5.41 Å². The molecule has 0 fully saturated rings. The monoisotopic (exact) mass is 447 g/mol. The van der Waals surface area contributed by atoms with Crippen LogP contribution in [0.4, 0.5) is 10.1 Å². The highest BCUT2D eigenvalue weighted by Gasteiger charge is 2.15. The third kappa shape index (κ3) is 4.68. The minimum absolute atomic E-state index is 0.0547. The van der Waals surface area contributed by atoms with Crippen molar-refractivity contribution in [1.82, 2.24) is 10.3 Å². The molecule has 0 aliphatic rings. The number of rotatable bonds is 3. The number of thiocarbonyl (C=S) groups is 1. The summed E-state index contributed by atoms with van der Waals surface area (Å²) in [6.45, 7) is 6.50. The van der Waals surface area contributed by atoms with E-state index in [4.69, 9.17) is 16.6 Å². The van der Waals surface area contributed by atoms with Crippen molar-refractivity contribution in [2.75, 3.05) is 5.32 Å². The molecule has 0 aliphatic heterocycles. The summed E-state index contributed by atoms with van der Waals surface area (Å²) in [6.07, 6.45) is 0. The second-order valence-electron chi connectivity index (χ2n) is 8.42. The minimum Gasteiger partial charge on any atom is -0.436 e. The molecule has 0 unspecified atom stereocenters. The van der Waals surface area contributed by atoms with Crippen LogP contribution in [0.2, 0.25) is 0 Å². The molecule has 0 aliphatic carbocycles. The van der Waals surface area contributed by atoms with E-state index in [0.717, 1.165) is 5.56 Å². The number of aromatic nitrogens is 1. The van der Waals surface area contributed by atoms with Crippen LogP contribution in [0, 0.1) is 5.82 Å². The first kappa shape index (κ1) is 21.6. The van der Waals surface area contributed by atoms with Crippen molar-refractivity contribution in [2.45, 2.75) is 26.2 Å². The van der Waals surface area contributed by atoms with E-state index in [-0.39, 0.29) is 16.1 Å². The Morgan fingerprint density at radius 1 is 1.03 bits per heavy atom. The Bertz CT molecular complexity index is 1310. The lowest BCUT2D eigenvalue weighted by molar-refractivity contribution is 0.0974. The van der Waals surface area contributed by atoms with Crippen molar-refractivity contribution in [1.29, 1.82) is 0 Å². The number of halogens is 1. The lowest BCUT2D eigenvalue weighted by atomic mass is 9.87. The van der Waals surface area contributed by atoms with Gasteiger partial charge in [0.1, 0.15) is 11.3 Å². The molecule has 32 heavy (non-hydrogen) atoms. The van der Waals surface area contributed by atoms with Gasteiger partial charge in [-0.2, -0.15) is 0 Å². The number of nitrogens with zero attached hydrogens (tertiary/aromatic N) is 1. The molecule has 1 heterocycles. The van der Waals surface area contributed by atoms with Crippen LogP contribution in [-0.4, -0.2) is 16.0 Å². The largest absolute Gasteiger partial charge is 0.436 e. The van der Waals surface area contributed by atoms with Crippen LogP contribution in [0.3, 0.4) is 0 Å². The molecule has 2 N–H and O–H groups in total. The lowest BCUT2D eigenvalue weighted by Crippen LogP contribution is -2.34. The van der Waals surface area contributed by atoms with Crippen LogP contribution in [0.15, 0.2) is 71.1 Å². The first-order valence-electron chi connectivity index (χ1n) is 10.1.